The zero-order chi connectivity index (χ0) is 86.6. The molecule has 0 fully saturated rings. The maximum Gasteiger partial charge on any atom is 0.0562 e. The molecule has 5 heterocycles. The molecule has 1 aliphatic carbocycles. The van der Waals surface area contributed by atoms with Gasteiger partial charge in [0.05, 0.1) is 55.2 Å². The molecule has 5 heteroatoms. The Bertz CT molecular complexity index is 9400. The van der Waals surface area contributed by atoms with Gasteiger partial charge in [-0.25, -0.2) is 0 Å². The third-order valence-electron chi connectivity index (χ3n) is 28.1. The molecule has 614 valence electrons. The highest BCUT2D eigenvalue weighted by Crippen LogP contribution is 2.53. The van der Waals surface area contributed by atoms with Crippen molar-refractivity contribution >= 4 is 141 Å². The maximum absolute atomic E-state index is 2.51. The van der Waals surface area contributed by atoms with Crippen molar-refractivity contribution in [2.75, 3.05) is 0 Å². The van der Waals surface area contributed by atoms with Crippen LogP contribution in [0.1, 0.15) is 22.6 Å². The van der Waals surface area contributed by atoms with E-state index in [0.29, 0.717) is 0 Å². The first-order valence-corrected chi connectivity index (χ1v) is 45.7. The average Bonchev–Trinajstić information content (AvgIpc) is 1.56. The van der Waals surface area contributed by atoms with Crippen LogP contribution in [0.15, 0.2) is 485 Å². The first kappa shape index (κ1) is 74.8. The molecular weight excluding hydrogens is 1600 g/mol. The Morgan fingerprint density at radius 2 is 0.432 bits per heavy atom. The molecule has 28 rings (SSSR count). The van der Waals surface area contributed by atoms with Crippen LogP contribution in [0.3, 0.4) is 0 Å². The number of nitrogens with zero attached hydrogens (tertiary/aromatic N) is 5. The molecule has 0 saturated heterocycles. The van der Waals surface area contributed by atoms with Crippen LogP contribution in [0.25, 0.3) is 237 Å². The van der Waals surface area contributed by atoms with Gasteiger partial charge in [0, 0.05) is 88.2 Å². The number of hydrogen-bond donors (Lipinski definition) is 0. The monoisotopic (exact) mass is 1680 g/mol. The molecule has 0 spiro atoms. The molecule has 1 aliphatic rings. The molecule has 22 aromatic carbocycles. The summed E-state index contributed by atoms with van der Waals surface area (Å²) in [5.74, 6) is 0.128. The zero-order valence-electron chi connectivity index (χ0n) is 72.0. The summed E-state index contributed by atoms with van der Waals surface area (Å²) < 4.78 is 12.3. The predicted molar refractivity (Wildman–Crippen MR) is 557 cm³/mol. The number of fused-ring (bicyclic) bond motifs is 21. The van der Waals surface area contributed by atoms with E-state index in [1.54, 1.807) is 0 Å². The van der Waals surface area contributed by atoms with Crippen LogP contribution < -0.4 is 0 Å². The quantitative estimate of drug-likeness (QED) is 0.123. The fraction of sp³-hybridized carbons (Fsp3) is 0.00787. The third kappa shape index (κ3) is 12.1. The second-order valence-electron chi connectivity index (χ2n) is 35.4. The molecule has 132 heavy (non-hydrogen) atoms. The summed E-state index contributed by atoms with van der Waals surface area (Å²) in [6.45, 7) is 0. The zero-order valence-corrected chi connectivity index (χ0v) is 72.0. The maximum atomic E-state index is 2.51. The Morgan fingerprint density at radius 1 is 0.129 bits per heavy atom. The van der Waals surface area contributed by atoms with Crippen molar-refractivity contribution in [3.05, 3.63) is 502 Å². The van der Waals surface area contributed by atoms with Gasteiger partial charge >= 0.3 is 0 Å². The number of benzene rings is 22. The standard InChI is InChI=1S/C64H41N3.C63H40N2/c1-3-14-42(15-4-1)45-26-31-50(32-27-45)65-59-24-11-10-23-54(59)57-40-58-56-39-49(30-35-62(56)67(64(58)41-63(57)65)52-33-28-44-18-7-8-19-46(44)37-52)48-29-34-61-55(38-48)53-22-9-12-25-60(53)66(61)51-21-13-20-47(36-51)43-16-5-2-6-17-43;1-2-13-40(14-3-1)45-19-12-20-49(34-45)64-59-24-11-10-22-52(59)55-36-46(28-31-60(55)64)47-29-32-61-56(37-47)57-38-54-51-21-8-9-23-53(51)63(48-26-25-41-15-4-6-17-43(41)33-48)58(54)39-62(57)65(61)50-30-27-42-16-5-7-18-44(42)35-50/h1-41H;1-39,63H. The van der Waals surface area contributed by atoms with Gasteiger partial charge in [0.25, 0.3) is 0 Å². The lowest BCUT2D eigenvalue weighted by molar-refractivity contribution is 1.02. The smallest absolute Gasteiger partial charge is 0.0562 e. The summed E-state index contributed by atoms with van der Waals surface area (Å²) in [5.41, 5.74) is 36.5. The summed E-state index contributed by atoms with van der Waals surface area (Å²) >= 11 is 0. The fourth-order valence-corrected chi connectivity index (χ4v) is 22.0. The summed E-state index contributed by atoms with van der Waals surface area (Å²) in [6, 6.07) is 179. The van der Waals surface area contributed by atoms with Gasteiger partial charge in [-0.05, 0) is 267 Å². The largest absolute Gasteiger partial charge is 0.309 e. The van der Waals surface area contributed by atoms with E-state index in [0.717, 1.165) is 22.7 Å². The molecule has 0 saturated carbocycles. The highest BCUT2D eigenvalue weighted by atomic mass is 15.0. The van der Waals surface area contributed by atoms with Crippen molar-refractivity contribution in [3.8, 4) is 95.2 Å². The molecule has 27 aromatic rings. The molecule has 1 unspecified atom stereocenters. The minimum atomic E-state index is 0.128. The first-order valence-electron chi connectivity index (χ1n) is 45.7. The van der Waals surface area contributed by atoms with Gasteiger partial charge in [-0.2, -0.15) is 0 Å². The Hall–Kier alpha value is -17.4. The average molecular weight is 1680 g/mol. The Morgan fingerprint density at radius 3 is 0.909 bits per heavy atom. The molecule has 1 atom stereocenters. The number of aromatic nitrogens is 5. The minimum Gasteiger partial charge on any atom is -0.309 e. The number of hydrogen-bond acceptors (Lipinski definition) is 0. The van der Waals surface area contributed by atoms with Crippen molar-refractivity contribution in [2.24, 2.45) is 0 Å². The van der Waals surface area contributed by atoms with Crippen molar-refractivity contribution in [1.82, 2.24) is 22.8 Å². The molecule has 0 amide bonds. The van der Waals surface area contributed by atoms with Crippen LogP contribution in [0.5, 0.6) is 0 Å². The lowest BCUT2D eigenvalue weighted by Crippen LogP contribution is -2.00. The van der Waals surface area contributed by atoms with E-state index in [-0.39, 0.29) is 5.92 Å². The number of para-hydroxylation sites is 3. The van der Waals surface area contributed by atoms with Gasteiger partial charge in [0.2, 0.25) is 0 Å². The van der Waals surface area contributed by atoms with Crippen molar-refractivity contribution in [1.29, 1.82) is 0 Å². The van der Waals surface area contributed by atoms with Crippen molar-refractivity contribution in [2.45, 2.75) is 5.92 Å². The third-order valence-corrected chi connectivity index (χ3v) is 28.1. The van der Waals surface area contributed by atoms with Gasteiger partial charge in [-0.3, -0.25) is 0 Å². The number of rotatable bonds is 11. The predicted octanol–water partition coefficient (Wildman–Crippen LogP) is 33.8. The van der Waals surface area contributed by atoms with E-state index < -0.39 is 0 Å². The summed E-state index contributed by atoms with van der Waals surface area (Å²) in [4.78, 5) is 0. The first-order chi connectivity index (χ1) is 65.4. The molecule has 0 aliphatic heterocycles. The Labute approximate surface area is 761 Å². The van der Waals surface area contributed by atoms with Gasteiger partial charge < -0.3 is 22.8 Å². The Balaban J connectivity index is 0.000000135. The molecule has 5 nitrogen and oxygen atoms in total. The van der Waals surface area contributed by atoms with Crippen molar-refractivity contribution in [3.63, 3.8) is 0 Å². The van der Waals surface area contributed by atoms with Gasteiger partial charge in [0.1, 0.15) is 0 Å². The lowest BCUT2D eigenvalue weighted by atomic mass is 9.88. The van der Waals surface area contributed by atoms with Gasteiger partial charge in [-0.1, -0.05) is 334 Å². The molecule has 0 N–H and O–H groups in total. The van der Waals surface area contributed by atoms with E-state index in [4.69, 9.17) is 0 Å². The van der Waals surface area contributed by atoms with E-state index in [1.165, 1.54) is 230 Å². The lowest BCUT2D eigenvalue weighted by Gasteiger charge is -2.16. The van der Waals surface area contributed by atoms with E-state index in [1.807, 2.05) is 0 Å². The fourth-order valence-electron chi connectivity index (χ4n) is 22.0. The van der Waals surface area contributed by atoms with Crippen LogP contribution in [0, 0.1) is 0 Å². The van der Waals surface area contributed by atoms with E-state index >= 15 is 0 Å². The van der Waals surface area contributed by atoms with E-state index in [2.05, 4.69) is 508 Å². The van der Waals surface area contributed by atoms with Gasteiger partial charge in [0.15, 0.2) is 0 Å². The second kappa shape index (κ2) is 30.2. The second-order valence-corrected chi connectivity index (χ2v) is 35.4. The van der Waals surface area contributed by atoms with Crippen LogP contribution in [-0.4, -0.2) is 22.8 Å². The molecular formula is C127H81N5. The highest BCUT2D eigenvalue weighted by Gasteiger charge is 2.33. The Kier molecular flexibility index (Phi) is 17.1. The van der Waals surface area contributed by atoms with Gasteiger partial charge in [-0.15, -0.1) is 0 Å². The van der Waals surface area contributed by atoms with Crippen molar-refractivity contribution < 1.29 is 0 Å². The summed E-state index contributed by atoms with van der Waals surface area (Å²) in [6.07, 6.45) is 0. The SMILES string of the molecule is c1ccc(-c2ccc(-n3c4ccccc4c4cc5c6cc(-c7ccc8c(c7)c7ccccc7n8-c7cccc(-c8ccccc8)c7)ccc6n(-c6ccc7ccccc7c6)c5cc43)cc2)cc1.c1ccc(-c2cccc(-n3c4ccccc4c4cc(-c5ccc6c(c5)c5cc7c(cc5n6-c5ccc6ccccc6c5)C(c5ccc6ccccc6c5)c5ccccc5-7)ccc43)c2)cc1. The minimum absolute atomic E-state index is 0.128. The van der Waals surface area contributed by atoms with E-state index in [9.17, 15) is 0 Å². The van der Waals surface area contributed by atoms with Crippen LogP contribution in [0.2, 0.25) is 0 Å². The highest BCUT2D eigenvalue weighted by molar-refractivity contribution is 6.21. The molecule has 0 bridgehead atoms. The molecule has 5 aromatic heterocycles. The van der Waals surface area contributed by atoms with Crippen LogP contribution >= 0.6 is 0 Å². The summed E-state index contributed by atoms with van der Waals surface area (Å²) in [7, 11) is 0. The normalized spacial score (nSPS) is 12.6. The molecule has 0 radical (unpaired) electrons. The van der Waals surface area contributed by atoms with Crippen LogP contribution in [0.4, 0.5) is 0 Å². The van der Waals surface area contributed by atoms with Crippen LogP contribution in [-0.2, 0) is 0 Å². The topological polar surface area (TPSA) is 24.6 Å². The summed E-state index contributed by atoms with van der Waals surface area (Å²) in [5, 5.41) is 19.9.